The number of nitrogens with zero attached hydrogens (tertiary/aromatic N) is 1. The first kappa shape index (κ1) is 17.5. The Morgan fingerprint density at radius 3 is 2.50 bits per heavy atom. The Morgan fingerprint density at radius 2 is 1.88 bits per heavy atom. The molecule has 4 atom stereocenters. The molecule has 8 heteroatoms. The summed E-state index contributed by atoms with van der Waals surface area (Å²) >= 11 is 6.25. The number of ether oxygens (including phenoxy) is 1. The summed E-state index contributed by atoms with van der Waals surface area (Å²) in [7, 11) is -2.58. The van der Waals surface area contributed by atoms with Gasteiger partial charge in [0.05, 0.1) is 24.2 Å². The number of carbonyl (C=O) groups is 1. The van der Waals surface area contributed by atoms with Gasteiger partial charge < -0.3 is 4.74 Å². The summed E-state index contributed by atoms with van der Waals surface area (Å²) < 4.78 is 35.3. The predicted molar refractivity (Wildman–Crippen MR) is 88.5 cm³/mol. The van der Waals surface area contributed by atoms with Crippen LogP contribution in [0.2, 0.25) is 0 Å². The van der Waals surface area contributed by atoms with E-state index in [2.05, 4.69) is 0 Å². The van der Waals surface area contributed by atoms with Crippen molar-refractivity contribution in [3.8, 4) is 0 Å². The number of fused-ring (bicyclic) bond motifs is 2. The van der Waals surface area contributed by atoms with E-state index in [9.17, 15) is 13.2 Å². The molecule has 1 amide bonds. The molecule has 0 aromatic heterocycles. The van der Waals surface area contributed by atoms with Crippen LogP contribution in [0.25, 0.3) is 0 Å². The Balaban J connectivity index is 1.82. The number of hydrogen-bond donors (Lipinski definition) is 0. The topological polar surface area (TPSA) is 72.9 Å². The number of halogens is 1. The van der Waals surface area contributed by atoms with Gasteiger partial charge in [-0.15, -0.1) is 11.6 Å². The number of carbonyl (C=O) groups excluding carboxylic acids is 1. The molecular weight excluding hydrogens is 354 g/mol. The fraction of sp³-hybridized carbons (Fsp3) is 0.562. The van der Waals surface area contributed by atoms with Crippen molar-refractivity contribution in [2.24, 2.45) is 0 Å². The highest BCUT2D eigenvalue weighted by Gasteiger charge is 2.51. The van der Waals surface area contributed by atoms with Crippen LogP contribution in [0.15, 0.2) is 29.2 Å². The van der Waals surface area contributed by atoms with Crippen molar-refractivity contribution < 1.29 is 22.1 Å². The minimum atomic E-state index is -3.89. The Morgan fingerprint density at radius 1 is 1.21 bits per heavy atom. The molecule has 2 saturated heterocycles. The van der Waals surface area contributed by atoms with E-state index in [1.807, 2.05) is 6.92 Å². The maximum absolute atomic E-state index is 12.5. The molecule has 3 rings (SSSR count). The number of methoxy groups -OCH3 is 1. The molecule has 132 valence electrons. The number of aryl methyl sites for hydroxylation is 1. The second-order valence-electron chi connectivity index (χ2n) is 6.30. The molecule has 1 aromatic carbocycles. The van der Waals surface area contributed by atoms with Crippen molar-refractivity contribution in [3.63, 3.8) is 0 Å². The average Bonchev–Trinajstić information content (AvgIpc) is 2.74. The summed E-state index contributed by atoms with van der Waals surface area (Å²) in [6.45, 7) is 1.88. The molecule has 2 heterocycles. The van der Waals surface area contributed by atoms with Crippen LogP contribution in [0.1, 0.15) is 24.8 Å². The van der Waals surface area contributed by atoms with Gasteiger partial charge in [0.2, 0.25) is 0 Å². The molecule has 0 radical (unpaired) electrons. The van der Waals surface area contributed by atoms with Crippen LogP contribution < -0.4 is 0 Å². The van der Waals surface area contributed by atoms with Gasteiger partial charge in [0, 0.05) is 11.4 Å². The minimum absolute atomic E-state index is 0.100. The summed E-state index contributed by atoms with van der Waals surface area (Å²) in [6.07, 6.45) is 0.462. The van der Waals surface area contributed by atoms with Crippen molar-refractivity contribution in [2.45, 2.75) is 54.6 Å². The van der Waals surface area contributed by atoms with Gasteiger partial charge in [-0.3, -0.25) is 9.08 Å². The number of amides is 1. The molecule has 0 saturated carbocycles. The summed E-state index contributed by atoms with van der Waals surface area (Å²) in [5.74, 6) is 0. The van der Waals surface area contributed by atoms with Crippen LogP contribution in [0.5, 0.6) is 0 Å². The summed E-state index contributed by atoms with van der Waals surface area (Å²) in [4.78, 5) is 13.7. The molecule has 2 fully saturated rings. The first-order valence-electron chi connectivity index (χ1n) is 7.82. The lowest BCUT2D eigenvalue weighted by molar-refractivity contribution is 0.0709. The van der Waals surface area contributed by atoms with Crippen molar-refractivity contribution in [3.05, 3.63) is 29.8 Å². The molecule has 2 aliphatic heterocycles. The normalized spacial score (nSPS) is 29.5. The second-order valence-corrected chi connectivity index (χ2v) is 8.49. The number of benzene rings is 1. The fourth-order valence-corrected chi connectivity index (χ4v) is 5.03. The lowest BCUT2D eigenvalue weighted by atomic mass is 10.0. The zero-order valence-electron chi connectivity index (χ0n) is 13.5. The van der Waals surface area contributed by atoms with Crippen molar-refractivity contribution >= 4 is 27.8 Å². The third-order valence-corrected chi connectivity index (χ3v) is 6.36. The summed E-state index contributed by atoms with van der Waals surface area (Å²) in [6, 6.07) is 5.94. The molecule has 1 aromatic rings. The van der Waals surface area contributed by atoms with E-state index in [0.29, 0.717) is 19.3 Å². The van der Waals surface area contributed by atoms with Crippen LogP contribution in [-0.4, -0.2) is 50.1 Å². The van der Waals surface area contributed by atoms with E-state index in [0.717, 1.165) is 5.56 Å². The van der Waals surface area contributed by atoms with Gasteiger partial charge in [-0.2, -0.15) is 8.42 Å². The Bertz CT molecular complexity index is 720. The Kier molecular flexibility index (Phi) is 4.77. The molecule has 0 aliphatic carbocycles. The van der Waals surface area contributed by atoms with Gasteiger partial charge in [-0.1, -0.05) is 17.7 Å². The third-order valence-electron chi connectivity index (χ3n) is 4.65. The molecule has 0 N–H and O–H groups in total. The molecular formula is C16H20ClNO5S. The second kappa shape index (κ2) is 6.54. The maximum Gasteiger partial charge on any atom is 0.410 e. The van der Waals surface area contributed by atoms with E-state index in [4.69, 9.17) is 20.5 Å². The third kappa shape index (κ3) is 3.25. The average molecular weight is 374 g/mol. The van der Waals surface area contributed by atoms with Crippen molar-refractivity contribution in [1.82, 2.24) is 4.90 Å². The van der Waals surface area contributed by atoms with Crippen molar-refractivity contribution in [2.75, 3.05) is 7.11 Å². The number of alkyl halides is 1. The number of rotatable bonds is 3. The summed E-state index contributed by atoms with van der Waals surface area (Å²) in [5.41, 5.74) is 0.965. The van der Waals surface area contributed by atoms with E-state index < -0.39 is 22.3 Å². The molecule has 0 unspecified atom stereocenters. The van der Waals surface area contributed by atoms with Gasteiger partial charge in [-0.05, 0) is 38.3 Å². The lowest BCUT2D eigenvalue weighted by Gasteiger charge is -2.36. The van der Waals surface area contributed by atoms with Gasteiger partial charge in [0.25, 0.3) is 10.1 Å². The zero-order chi connectivity index (χ0) is 17.5. The molecule has 2 aliphatic rings. The van der Waals surface area contributed by atoms with Gasteiger partial charge >= 0.3 is 6.09 Å². The zero-order valence-corrected chi connectivity index (χ0v) is 15.1. The summed E-state index contributed by atoms with van der Waals surface area (Å²) in [5, 5.41) is -0.100. The van der Waals surface area contributed by atoms with Crippen LogP contribution in [0, 0.1) is 6.92 Å². The van der Waals surface area contributed by atoms with Gasteiger partial charge in [-0.25, -0.2) is 4.79 Å². The minimum Gasteiger partial charge on any atom is -0.453 e. The molecule has 2 bridgehead atoms. The van der Waals surface area contributed by atoms with Crippen LogP contribution in [0.4, 0.5) is 4.79 Å². The first-order valence-corrected chi connectivity index (χ1v) is 9.66. The van der Waals surface area contributed by atoms with E-state index in [1.165, 1.54) is 19.2 Å². The van der Waals surface area contributed by atoms with Gasteiger partial charge in [0.1, 0.15) is 0 Å². The van der Waals surface area contributed by atoms with Crippen LogP contribution in [-0.2, 0) is 19.0 Å². The highest BCUT2D eigenvalue weighted by molar-refractivity contribution is 7.86. The Labute approximate surface area is 146 Å². The molecule has 24 heavy (non-hydrogen) atoms. The van der Waals surface area contributed by atoms with Crippen LogP contribution in [0.3, 0.4) is 0 Å². The predicted octanol–water partition coefficient (Wildman–Crippen LogP) is 2.68. The van der Waals surface area contributed by atoms with E-state index in [1.54, 1.807) is 17.0 Å². The highest BCUT2D eigenvalue weighted by Crippen LogP contribution is 2.40. The lowest BCUT2D eigenvalue weighted by Crippen LogP contribution is -2.49. The van der Waals surface area contributed by atoms with E-state index in [-0.39, 0.29) is 22.4 Å². The van der Waals surface area contributed by atoms with E-state index >= 15 is 0 Å². The van der Waals surface area contributed by atoms with Crippen LogP contribution >= 0.6 is 11.6 Å². The fourth-order valence-electron chi connectivity index (χ4n) is 3.53. The Hall–Kier alpha value is -1.31. The highest BCUT2D eigenvalue weighted by atomic mass is 35.5. The maximum atomic E-state index is 12.5. The number of piperidine rings is 1. The SMILES string of the molecule is COC(=O)N1[C@@H]2C[C@H](Cl)C[C@H]1[C@H](OS(=O)(=O)c1ccc(C)cc1)C2. The standard InChI is InChI=1S/C16H20ClNO5S/c1-10-3-5-13(6-4-10)24(20,21)23-15-9-12-7-11(17)8-14(15)18(12)16(19)22-2/h3-6,11-12,14-15H,7-9H2,1-2H3/t11-,12+,14-,15+/m0/s1. The smallest absolute Gasteiger partial charge is 0.410 e. The first-order chi connectivity index (χ1) is 11.3. The molecule has 6 nitrogen and oxygen atoms in total. The quantitative estimate of drug-likeness (QED) is 0.601. The molecule has 0 spiro atoms. The monoisotopic (exact) mass is 373 g/mol. The largest absolute Gasteiger partial charge is 0.453 e. The van der Waals surface area contributed by atoms with Gasteiger partial charge in [0.15, 0.2) is 0 Å². The number of hydrogen-bond acceptors (Lipinski definition) is 5. The van der Waals surface area contributed by atoms with Crippen molar-refractivity contribution in [1.29, 1.82) is 0 Å².